The molecule has 0 amide bonds. The number of fused-ring (bicyclic) bond motifs is 1. The van der Waals surface area contributed by atoms with Crippen molar-refractivity contribution >= 4 is 28.5 Å². The number of aromatic nitrogens is 3. The van der Waals surface area contributed by atoms with Crippen molar-refractivity contribution in [3.05, 3.63) is 18.6 Å². The number of alkyl halides is 1. The van der Waals surface area contributed by atoms with E-state index < -0.39 is 0 Å². The van der Waals surface area contributed by atoms with E-state index in [-0.39, 0.29) is 5.38 Å². The molecule has 2 aromatic rings. The molecule has 0 saturated heterocycles. The van der Waals surface area contributed by atoms with Gasteiger partial charge in [0.25, 0.3) is 0 Å². The van der Waals surface area contributed by atoms with Gasteiger partial charge in [0, 0.05) is 32.2 Å². The van der Waals surface area contributed by atoms with Crippen molar-refractivity contribution in [2.75, 3.05) is 18.5 Å². The Morgan fingerprint density at radius 3 is 2.94 bits per heavy atom. The second-order valence-corrected chi connectivity index (χ2v) is 4.76. The average molecular weight is 239 g/mol. The van der Waals surface area contributed by atoms with Crippen molar-refractivity contribution in [3.8, 4) is 0 Å². The van der Waals surface area contributed by atoms with Crippen LogP contribution in [0.1, 0.15) is 6.92 Å². The van der Waals surface area contributed by atoms with Crippen LogP contribution in [-0.2, 0) is 7.05 Å². The number of hydrogen-bond acceptors (Lipinski definition) is 3. The number of imidazole rings is 1. The number of aryl methyl sites for hydroxylation is 1. The van der Waals surface area contributed by atoms with Gasteiger partial charge in [-0.05, 0) is 13.0 Å². The van der Waals surface area contributed by atoms with E-state index in [2.05, 4.69) is 9.97 Å². The Kier molecular flexibility index (Phi) is 3.01. The van der Waals surface area contributed by atoms with E-state index in [1.165, 1.54) is 0 Å². The molecule has 4 nitrogen and oxygen atoms in total. The maximum atomic E-state index is 5.98. The number of nitrogens with zero attached hydrogens (tertiary/aromatic N) is 4. The molecule has 1 unspecified atom stereocenters. The Balaban J connectivity index is 2.44. The summed E-state index contributed by atoms with van der Waals surface area (Å²) in [5.41, 5.74) is 2.00. The number of hydrogen-bond donors (Lipinski definition) is 0. The number of rotatable bonds is 3. The van der Waals surface area contributed by atoms with Crippen LogP contribution in [0.3, 0.4) is 0 Å². The second-order valence-electron chi connectivity index (χ2n) is 4.02. The van der Waals surface area contributed by atoms with Gasteiger partial charge in [-0.25, -0.2) is 9.97 Å². The molecule has 0 aliphatic rings. The highest BCUT2D eigenvalue weighted by atomic mass is 35.5. The molecule has 2 aromatic heterocycles. The lowest BCUT2D eigenvalue weighted by molar-refractivity contribution is 0.847. The first-order chi connectivity index (χ1) is 7.59. The lowest BCUT2D eigenvalue weighted by Crippen LogP contribution is -2.25. The van der Waals surface area contributed by atoms with Crippen LogP contribution in [0.2, 0.25) is 0 Å². The molecule has 0 aliphatic carbocycles. The van der Waals surface area contributed by atoms with E-state index >= 15 is 0 Å². The Hall–Kier alpha value is -1.29. The zero-order chi connectivity index (χ0) is 11.7. The Morgan fingerprint density at radius 2 is 2.25 bits per heavy atom. The van der Waals surface area contributed by atoms with Crippen molar-refractivity contribution in [1.29, 1.82) is 0 Å². The maximum absolute atomic E-state index is 5.98. The largest absolute Gasteiger partial charge is 0.356 e. The number of pyridine rings is 1. The van der Waals surface area contributed by atoms with E-state index in [0.29, 0.717) is 0 Å². The van der Waals surface area contributed by atoms with E-state index in [0.717, 1.165) is 23.4 Å². The molecule has 5 heteroatoms. The van der Waals surface area contributed by atoms with Gasteiger partial charge in [-0.1, -0.05) is 0 Å². The highest BCUT2D eigenvalue weighted by Gasteiger charge is 2.12. The van der Waals surface area contributed by atoms with E-state index in [9.17, 15) is 0 Å². The molecule has 2 rings (SSSR count). The molecule has 2 heterocycles. The molecule has 86 valence electrons. The summed E-state index contributed by atoms with van der Waals surface area (Å²) in [5, 5.41) is 0.0887. The minimum Gasteiger partial charge on any atom is -0.356 e. The van der Waals surface area contributed by atoms with Gasteiger partial charge in [-0.3, -0.25) is 0 Å². The molecule has 0 N–H and O–H groups in total. The summed E-state index contributed by atoms with van der Waals surface area (Å²) in [6.45, 7) is 2.72. The van der Waals surface area contributed by atoms with Crippen LogP contribution in [0.4, 0.5) is 5.82 Å². The number of halogens is 1. The van der Waals surface area contributed by atoms with Gasteiger partial charge in [0.15, 0.2) is 5.82 Å². The molecule has 16 heavy (non-hydrogen) atoms. The highest BCUT2D eigenvalue weighted by molar-refractivity contribution is 6.20. The topological polar surface area (TPSA) is 34.0 Å². The first kappa shape index (κ1) is 11.2. The lowest BCUT2D eigenvalue weighted by Gasteiger charge is -2.19. The molecule has 0 aromatic carbocycles. The summed E-state index contributed by atoms with van der Waals surface area (Å²) in [5.74, 6) is 0.880. The summed E-state index contributed by atoms with van der Waals surface area (Å²) in [4.78, 5) is 10.8. The molecule has 0 aliphatic heterocycles. The zero-order valence-electron chi connectivity index (χ0n) is 9.68. The van der Waals surface area contributed by atoms with Crippen LogP contribution in [0.25, 0.3) is 11.0 Å². The summed E-state index contributed by atoms with van der Waals surface area (Å²) < 4.78 is 1.98. The fourth-order valence-electron chi connectivity index (χ4n) is 1.79. The van der Waals surface area contributed by atoms with Crippen LogP contribution in [0, 0.1) is 0 Å². The van der Waals surface area contributed by atoms with Gasteiger partial charge in [0.2, 0.25) is 0 Å². The molecule has 0 spiro atoms. The predicted molar refractivity (Wildman–Crippen MR) is 67.1 cm³/mol. The summed E-state index contributed by atoms with van der Waals surface area (Å²) in [6.07, 6.45) is 3.60. The molecule has 0 radical (unpaired) electrons. The average Bonchev–Trinajstić information content (AvgIpc) is 2.59. The first-order valence-electron chi connectivity index (χ1n) is 5.21. The molecule has 0 fully saturated rings. The summed E-state index contributed by atoms with van der Waals surface area (Å²) in [7, 11) is 3.96. The maximum Gasteiger partial charge on any atom is 0.156 e. The zero-order valence-corrected chi connectivity index (χ0v) is 10.4. The standard InChI is InChI=1S/C11H15ClN4/c1-8(12)6-15(2)11-10-9(4-5-13-11)16(3)7-14-10/h4-5,7-8H,6H2,1-3H3. The quantitative estimate of drug-likeness (QED) is 0.768. The fraction of sp³-hybridized carbons (Fsp3) is 0.455. The number of anilines is 1. The van der Waals surface area contributed by atoms with Gasteiger partial charge in [-0.2, -0.15) is 0 Å². The first-order valence-corrected chi connectivity index (χ1v) is 5.64. The fourth-order valence-corrected chi connectivity index (χ4v) is 2.00. The van der Waals surface area contributed by atoms with Crippen LogP contribution in [-0.4, -0.2) is 33.5 Å². The van der Waals surface area contributed by atoms with Crippen LogP contribution in [0.15, 0.2) is 18.6 Å². The van der Waals surface area contributed by atoms with Crippen LogP contribution in [0.5, 0.6) is 0 Å². The molecular weight excluding hydrogens is 224 g/mol. The van der Waals surface area contributed by atoms with Crippen molar-refractivity contribution < 1.29 is 0 Å². The van der Waals surface area contributed by atoms with Crippen LogP contribution >= 0.6 is 11.6 Å². The van der Waals surface area contributed by atoms with Gasteiger partial charge >= 0.3 is 0 Å². The van der Waals surface area contributed by atoms with E-state index in [1.807, 2.05) is 36.6 Å². The normalized spacial score (nSPS) is 13.0. The second kappa shape index (κ2) is 4.29. The highest BCUT2D eigenvalue weighted by Crippen LogP contribution is 2.21. The van der Waals surface area contributed by atoms with Crippen molar-refractivity contribution in [2.45, 2.75) is 12.3 Å². The third kappa shape index (κ3) is 1.97. The third-order valence-corrected chi connectivity index (χ3v) is 2.65. The Morgan fingerprint density at radius 1 is 1.50 bits per heavy atom. The van der Waals surface area contributed by atoms with E-state index in [1.54, 1.807) is 12.5 Å². The third-order valence-electron chi connectivity index (χ3n) is 2.51. The molecular formula is C11H15ClN4. The molecule has 1 atom stereocenters. The van der Waals surface area contributed by atoms with Gasteiger partial charge < -0.3 is 9.47 Å². The van der Waals surface area contributed by atoms with Crippen LogP contribution < -0.4 is 4.90 Å². The van der Waals surface area contributed by atoms with Crippen molar-refractivity contribution in [3.63, 3.8) is 0 Å². The minimum absolute atomic E-state index is 0.0887. The summed E-state index contributed by atoms with van der Waals surface area (Å²) in [6, 6.07) is 1.96. The smallest absolute Gasteiger partial charge is 0.156 e. The Bertz CT molecular complexity index is 492. The minimum atomic E-state index is 0.0887. The summed E-state index contributed by atoms with van der Waals surface area (Å²) >= 11 is 5.98. The van der Waals surface area contributed by atoms with E-state index in [4.69, 9.17) is 11.6 Å². The molecule has 0 bridgehead atoms. The lowest BCUT2D eigenvalue weighted by atomic mass is 10.3. The predicted octanol–water partition coefficient (Wildman–Crippen LogP) is 2.03. The molecule has 0 saturated carbocycles. The van der Waals surface area contributed by atoms with Crippen molar-refractivity contribution in [1.82, 2.24) is 14.5 Å². The van der Waals surface area contributed by atoms with Gasteiger partial charge in [0.05, 0.1) is 11.8 Å². The van der Waals surface area contributed by atoms with Crippen molar-refractivity contribution in [2.24, 2.45) is 7.05 Å². The Labute approximate surface area is 99.9 Å². The van der Waals surface area contributed by atoms with Gasteiger partial charge in [-0.15, -0.1) is 11.6 Å². The van der Waals surface area contributed by atoms with Gasteiger partial charge in [0.1, 0.15) is 5.52 Å². The monoisotopic (exact) mass is 238 g/mol. The SMILES string of the molecule is CC(Cl)CN(C)c1nccc2c1ncn2C.